The number of carbonyl (C=O) groups excluding carboxylic acids is 2. The first kappa shape index (κ1) is 61.8. The number of ketones is 2. The zero-order valence-electron chi connectivity index (χ0n) is 48.4. The molecule has 2 fully saturated rings. The number of carbonyl (C=O) groups is 2. The fraction of sp³-hybridized carbons (Fsp3) is 0.222. The van der Waals surface area contributed by atoms with Gasteiger partial charge < -0.3 is 0 Å². The molecule has 9 aromatic rings. The summed E-state index contributed by atoms with van der Waals surface area (Å²) >= 11 is 0. The second-order valence-electron chi connectivity index (χ2n) is 22.8. The summed E-state index contributed by atoms with van der Waals surface area (Å²) in [5.41, 5.74) is -2.79. The van der Waals surface area contributed by atoms with Crippen molar-refractivity contribution in [2.24, 2.45) is 0 Å². The average Bonchev–Trinajstić information content (AvgIpc) is 0.694. The van der Waals surface area contributed by atoms with Crippen molar-refractivity contribution in [3.05, 3.63) is 271 Å². The van der Waals surface area contributed by atoms with Crippen molar-refractivity contribution in [3.8, 4) is 17.2 Å². The molecule has 88 heavy (non-hydrogen) atoms. The number of alkyl halides is 6. The van der Waals surface area contributed by atoms with Crippen LogP contribution in [0.2, 0.25) is 0 Å². The first-order chi connectivity index (χ1) is 42.5. The third-order valence-corrected chi connectivity index (χ3v) is 28.6. The van der Waals surface area contributed by atoms with Gasteiger partial charge in [0.25, 0.3) is 0 Å². The van der Waals surface area contributed by atoms with Gasteiger partial charge in [0.15, 0.2) is 0 Å². The first-order valence-corrected chi connectivity index (χ1v) is 34.5. The summed E-state index contributed by atoms with van der Waals surface area (Å²) in [5, 5.41) is 2.58. The molecule has 0 bridgehead atoms. The van der Waals surface area contributed by atoms with E-state index in [1.54, 1.807) is 231 Å². The SMILES string of the molecule is O=C(CP(OB(Oc1cc(C(F)(F)F)cc(C(F)(F)F)c1)OP(CC(=O)c1ccc(OC2CCCCC2)cc1)(c1ccccc1)(c1ccccc1)c1ccccc1)(c1ccccc1)(c1ccccc1)c1ccccc1)c1ccc(OC2CCCCC2)cc1. The van der Waals surface area contributed by atoms with Gasteiger partial charge in [0.2, 0.25) is 0 Å². The fourth-order valence-corrected chi connectivity index (χ4v) is 23.9. The Morgan fingerprint density at radius 2 is 0.636 bits per heavy atom. The van der Waals surface area contributed by atoms with E-state index in [1.807, 2.05) is 0 Å². The Bertz CT molecular complexity index is 3340. The van der Waals surface area contributed by atoms with Crippen LogP contribution in [0.3, 0.4) is 0 Å². The van der Waals surface area contributed by atoms with Gasteiger partial charge in [-0.05, 0) is 0 Å². The third kappa shape index (κ3) is 12.6. The number of hydrogen-bond acceptors (Lipinski definition) is 7. The van der Waals surface area contributed by atoms with Crippen molar-refractivity contribution < 1.29 is 58.9 Å². The van der Waals surface area contributed by atoms with Gasteiger partial charge in [0, 0.05) is 0 Å². The van der Waals surface area contributed by atoms with E-state index in [1.165, 1.54) is 0 Å². The number of benzene rings is 9. The van der Waals surface area contributed by atoms with Crippen LogP contribution < -0.4 is 46.0 Å². The molecule has 0 spiro atoms. The van der Waals surface area contributed by atoms with Crippen LogP contribution in [0.4, 0.5) is 26.3 Å². The molecule has 11 rings (SSSR count). The summed E-state index contributed by atoms with van der Waals surface area (Å²) in [7, 11) is -2.40. The number of halogens is 6. The molecule has 16 heteroatoms. The van der Waals surface area contributed by atoms with Crippen LogP contribution >= 0.6 is 13.7 Å². The van der Waals surface area contributed by atoms with E-state index in [9.17, 15) is 0 Å². The topological polar surface area (TPSA) is 80.3 Å². The Balaban J connectivity index is 1.20. The van der Waals surface area contributed by atoms with Gasteiger partial charge in [-0.3, -0.25) is 0 Å². The van der Waals surface area contributed by atoms with Gasteiger partial charge in [-0.2, -0.15) is 0 Å². The zero-order chi connectivity index (χ0) is 61.3. The number of hydrogen-bond donors (Lipinski definition) is 0. The molecule has 0 aromatic heterocycles. The maximum atomic E-state index is 16.1. The van der Waals surface area contributed by atoms with Gasteiger partial charge in [0.05, 0.1) is 0 Å². The summed E-state index contributed by atoms with van der Waals surface area (Å²) in [4.78, 5) is 32.2. The Morgan fingerprint density at radius 3 is 0.898 bits per heavy atom. The van der Waals surface area contributed by atoms with Crippen LogP contribution in [0.1, 0.15) is 96.1 Å². The van der Waals surface area contributed by atoms with Crippen LogP contribution in [0.25, 0.3) is 0 Å². The number of ether oxygens (including phenoxy) is 2. The van der Waals surface area contributed by atoms with E-state index in [4.69, 9.17) is 23.0 Å². The van der Waals surface area contributed by atoms with Crippen molar-refractivity contribution in [3.63, 3.8) is 0 Å². The standard InChI is InChI=1S/C72H67BF6O7P2/c74-71(75,76)56-49-57(72(77,78)79)51-62(50-56)84-73(85-87(63-29-13-3-14-30-63,64-31-15-4-16-32-64,65-33-17-5-18-34-65)52-69(80)54-41-45-60(46-42-54)82-58-25-9-1-10-26-58)86-88(66-35-19-6-20-36-66,67-37-21-7-22-38-67,68-39-23-8-24-40-68)53-70(81)55-43-47-61(48-44-55)83-59-27-11-2-12-28-59/h3-8,13-24,29-51,58-59H,1-2,9-12,25-28,52-53H2. The molecular formula is C72H67BF6O7P2. The van der Waals surface area contributed by atoms with Gasteiger partial charge in [-0.25, -0.2) is 0 Å². The summed E-state index contributed by atoms with van der Waals surface area (Å²) in [6, 6.07) is 68.3. The second-order valence-corrected chi connectivity index (χ2v) is 31.8. The molecule has 0 amide bonds. The number of Topliss-reactive ketones (excluding diaryl/α,β-unsaturated/α-hetero) is 2. The molecule has 0 saturated heterocycles. The molecule has 0 N–H and O–H groups in total. The van der Waals surface area contributed by atoms with Gasteiger partial charge in [-0.1, -0.05) is 0 Å². The van der Waals surface area contributed by atoms with E-state index in [0.29, 0.717) is 55.5 Å². The van der Waals surface area contributed by atoms with E-state index in [2.05, 4.69) is 0 Å². The fourth-order valence-electron chi connectivity index (χ4n) is 12.8. The molecule has 0 unspecified atom stereocenters. The number of rotatable bonds is 22. The Morgan fingerprint density at radius 1 is 0.364 bits per heavy atom. The van der Waals surface area contributed by atoms with Crippen molar-refractivity contribution in [2.45, 2.75) is 88.8 Å². The van der Waals surface area contributed by atoms with Crippen LogP contribution in [0.15, 0.2) is 249 Å². The predicted molar refractivity (Wildman–Crippen MR) is 342 cm³/mol. The van der Waals surface area contributed by atoms with Gasteiger partial charge >= 0.3 is 513 Å². The monoisotopic (exact) mass is 1230 g/mol. The van der Waals surface area contributed by atoms with Gasteiger partial charge in [-0.15, -0.1) is 0 Å². The molecule has 0 atom stereocenters. The molecule has 2 aliphatic rings. The minimum atomic E-state index is -5.37. The molecule has 2 aliphatic carbocycles. The van der Waals surface area contributed by atoms with E-state index in [-0.39, 0.29) is 29.4 Å². The first-order valence-electron chi connectivity index (χ1n) is 29.9. The quantitative estimate of drug-likeness (QED) is 0.0289. The van der Waals surface area contributed by atoms with Crippen LogP contribution in [-0.4, -0.2) is 43.4 Å². The normalized spacial score (nSPS) is 15.4. The van der Waals surface area contributed by atoms with E-state index in [0.717, 1.165) is 64.2 Å². The van der Waals surface area contributed by atoms with Crippen LogP contribution in [0.5, 0.6) is 17.2 Å². The third-order valence-electron chi connectivity index (χ3n) is 17.2. The van der Waals surface area contributed by atoms with Crippen LogP contribution in [0, 0.1) is 0 Å². The van der Waals surface area contributed by atoms with E-state index >= 15 is 35.9 Å². The Labute approximate surface area is 510 Å². The van der Waals surface area contributed by atoms with Crippen molar-refractivity contribution in [1.29, 1.82) is 0 Å². The molecule has 0 radical (unpaired) electrons. The average molecular weight is 1230 g/mol. The van der Waals surface area contributed by atoms with Crippen molar-refractivity contribution in [1.82, 2.24) is 0 Å². The molecule has 452 valence electrons. The van der Waals surface area contributed by atoms with Crippen molar-refractivity contribution in [2.75, 3.05) is 12.3 Å². The minimum absolute atomic E-state index is 0.0181. The summed E-state index contributed by atoms with van der Waals surface area (Å²) in [6.07, 6.45) is -1.49. The Kier molecular flexibility index (Phi) is 18.3. The molecule has 2 saturated carbocycles. The molecular weight excluding hydrogens is 1160 g/mol. The van der Waals surface area contributed by atoms with Crippen LogP contribution in [-0.2, 0) is 21.2 Å². The maximum absolute atomic E-state index is 16.1. The predicted octanol–water partition coefficient (Wildman–Crippen LogP) is 16.2. The summed E-state index contributed by atoms with van der Waals surface area (Å²) in [6.45, 7) is -10.7. The van der Waals surface area contributed by atoms with E-state index < -0.39 is 74.1 Å². The Hall–Kier alpha value is -7.86. The second kappa shape index (κ2) is 26.1. The van der Waals surface area contributed by atoms with Gasteiger partial charge in [0.1, 0.15) is 0 Å². The molecule has 9 aromatic carbocycles. The summed E-state index contributed by atoms with van der Waals surface area (Å²) in [5.74, 6) is -0.634. The molecule has 0 aliphatic heterocycles. The van der Waals surface area contributed by atoms with Crippen molar-refractivity contribution >= 4 is 64.4 Å². The summed E-state index contributed by atoms with van der Waals surface area (Å²) < 4.78 is 127. The molecule has 0 heterocycles. The zero-order valence-corrected chi connectivity index (χ0v) is 50.2. The molecule has 7 nitrogen and oxygen atoms in total.